The van der Waals surface area contributed by atoms with Crippen molar-refractivity contribution in [1.29, 1.82) is 0 Å². The largest absolute Gasteiger partial charge is 0.344 e. The fourth-order valence-electron chi connectivity index (χ4n) is 4.47. The van der Waals surface area contributed by atoms with E-state index in [4.69, 9.17) is 11.6 Å². The lowest BCUT2D eigenvalue weighted by atomic mass is 10.0. The van der Waals surface area contributed by atoms with Gasteiger partial charge in [0.05, 0.1) is 0 Å². The minimum atomic E-state index is -0.634. The van der Waals surface area contributed by atoms with Crippen molar-refractivity contribution in [3.05, 3.63) is 65.2 Å². The molecule has 194 valence electrons. The van der Waals surface area contributed by atoms with Gasteiger partial charge >= 0.3 is 6.03 Å². The van der Waals surface area contributed by atoms with E-state index in [9.17, 15) is 14.4 Å². The first kappa shape index (κ1) is 27.5. The second-order valence-corrected chi connectivity index (χ2v) is 9.82. The third kappa shape index (κ3) is 8.26. The maximum absolute atomic E-state index is 13.5. The standard InChI is InChI=1S/C28H37ClN4O3/c1-3-4-5-9-15-26(34)31-25(18-22-11-7-6-8-12-22)27(35)32-16-17-33(21(2)20-32)28(36)30-24-14-10-13-23(29)19-24/h6-8,10-14,19,21,25H,3-5,9,15-18,20H2,1-2H3,(H,30,36)(H,31,34). The predicted molar refractivity (Wildman–Crippen MR) is 144 cm³/mol. The molecule has 0 aliphatic carbocycles. The van der Waals surface area contributed by atoms with Gasteiger partial charge in [0.25, 0.3) is 0 Å². The third-order valence-corrected chi connectivity index (χ3v) is 6.68. The van der Waals surface area contributed by atoms with Gasteiger partial charge in [-0.15, -0.1) is 0 Å². The Morgan fingerprint density at radius 1 is 1.03 bits per heavy atom. The molecule has 2 unspecified atom stereocenters. The van der Waals surface area contributed by atoms with E-state index in [1.54, 1.807) is 34.1 Å². The number of nitrogens with one attached hydrogen (secondary N) is 2. The highest BCUT2D eigenvalue weighted by molar-refractivity contribution is 6.30. The molecule has 1 saturated heterocycles. The zero-order chi connectivity index (χ0) is 25.9. The van der Waals surface area contributed by atoms with E-state index in [2.05, 4.69) is 17.6 Å². The van der Waals surface area contributed by atoms with Gasteiger partial charge in [-0.05, 0) is 37.1 Å². The molecule has 1 fully saturated rings. The van der Waals surface area contributed by atoms with Crippen molar-refractivity contribution in [3.63, 3.8) is 0 Å². The molecule has 0 radical (unpaired) electrons. The Bertz CT molecular complexity index is 1020. The minimum Gasteiger partial charge on any atom is -0.344 e. The molecule has 2 aromatic rings. The van der Waals surface area contributed by atoms with Crippen LogP contribution in [0.3, 0.4) is 0 Å². The molecular formula is C28H37ClN4O3. The van der Waals surface area contributed by atoms with E-state index in [1.165, 1.54) is 0 Å². The molecule has 36 heavy (non-hydrogen) atoms. The second kappa shape index (κ2) is 13.9. The Labute approximate surface area is 219 Å². The quantitative estimate of drug-likeness (QED) is 0.434. The number of urea groups is 1. The van der Waals surface area contributed by atoms with Gasteiger partial charge in [0.2, 0.25) is 11.8 Å². The first-order valence-corrected chi connectivity index (χ1v) is 13.2. The molecule has 2 atom stereocenters. The summed E-state index contributed by atoms with van der Waals surface area (Å²) in [5, 5.41) is 6.42. The molecule has 1 aliphatic rings. The van der Waals surface area contributed by atoms with Crippen LogP contribution in [0.5, 0.6) is 0 Å². The summed E-state index contributed by atoms with van der Waals surface area (Å²) in [5.74, 6) is -0.199. The fourth-order valence-corrected chi connectivity index (χ4v) is 4.66. The highest BCUT2D eigenvalue weighted by atomic mass is 35.5. The lowest BCUT2D eigenvalue weighted by molar-refractivity contribution is -0.138. The third-order valence-electron chi connectivity index (χ3n) is 6.45. The first-order chi connectivity index (χ1) is 17.4. The van der Waals surface area contributed by atoms with E-state index in [1.807, 2.05) is 37.3 Å². The van der Waals surface area contributed by atoms with Crippen molar-refractivity contribution >= 4 is 35.1 Å². The number of nitrogens with zero attached hydrogens (tertiary/aromatic N) is 2. The smallest absolute Gasteiger partial charge is 0.322 e. The molecule has 0 aromatic heterocycles. The summed E-state index contributed by atoms with van der Waals surface area (Å²) in [6.07, 6.45) is 4.91. The molecule has 0 saturated carbocycles. The number of piperazine rings is 1. The Balaban J connectivity index is 1.61. The van der Waals surface area contributed by atoms with Gasteiger partial charge in [0.15, 0.2) is 0 Å². The summed E-state index contributed by atoms with van der Waals surface area (Å²) in [7, 11) is 0. The number of benzene rings is 2. The predicted octanol–water partition coefficient (Wildman–Crippen LogP) is 5.10. The molecule has 1 heterocycles. The monoisotopic (exact) mass is 512 g/mol. The van der Waals surface area contributed by atoms with Crippen LogP contribution in [0.1, 0.15) is 51.5 Å². The van der Waals surface area contributed by atoms with Gasteiger partial charge in [0.1, 0.15) is 6.04 Å². The van der Waals surface area contributed by atoms with Gasteiger partial charge in [-0.25, -0.2) is 4.79 Å². The number of anilines is 1. The van der Waals surface area contributed by atoms with Crippen LogP contribution < -0.4 is 10.6 Å². The topological polar surface area (TPSA) is 81.8 Å². The molecule has 4 amide bonds. The Morgan fingerprint density at radius 3 is 2.50 bits per heavy atom. The Hall–Kier alpha value is -3.06. The summed E-state index contributed by atoms with van der Waals surface area (Å²) in [6, 6.07) is 15.7. The van der Waals surface area contributed by atoms with Gasteiger partial charge in [0, 0.05) is 49.2 Å². The summed E-state index contributed by atoms with van der Waals surface area (Å²) in [4.78, 5) is 42.5. The van der Waals surface area contributed by atoms with Crippen molar-refractivity contribution in [2.45, 2.75) is 64.5 Å². The average molecular weight is 513 g/mol. The number of hydrogen-bond donors (Lipinski definition) is 2. The fraction of sp³-hybridized carbons (Fsp3) is 0.464. The van der Waals surface area contributed by atoms with Crippen LogP contribution >= 0.6 is 11.6 Å². The molecule has 0 spiro atoms. The summed E-state index contributed by atoms with van der Waals surface area (Å²) in [5.41, 5.74) is 1.62. The van der Waals surface area contributed by atoms with Crippen LogP contribution in [-0.4, -0.2) is 59.4 Å². The first-order valence-electron chi connectivity index (χ1n) is 12.8. The number of carbonyl (C=O) groups is 3. The average Bonchev–Trinajstić information content (AvgIpc) is 2.86. The van der Waals surface area contributed by atoms with Crippen LogP contribution in [0.2, 0.25) is 5.02 Å². The summed E-state index contributed by atoms with van der Waals surface area (Å²) >= 11 is 6.02. The maximum atomic E-state index is 13.5. The molecule has 7 nitrogen and oxygen atoms in total. The van der Waals surface area contributed by atoms with Crippen molar-refractivity contribution in [1.82, 2.24) is 15.1 Å². The van der Waals surface area contributed by atoms with Crippen molar-refractivity contribution in [2.24, 2.45) is 0 Å². The molecule has 2 aromatic carbocycles. The van der Waals surface area contributed by atoms with E-state index in [0.717, 1.165) is 31.2 Å². The highest BCUT2D eigenvalue weighted by Gasteiger charge is 2.33. The number of halogens is 1. The van der Waals surface area contributed by atoms with E-state index >= 15 is 0 Å². The van der Waals surface area contributed by atoms with E-state index in [0.29, 0.717) is 43.2 Å². The van der Waals surface area contributed by atoms with Crippen LogP contribution in [0, 0.1) is 0 Å². The maximum Gasteiger partial charge on any atom is 0.322 e. The minimum absolute atomic E-state index is 0.0898. The molecule has 0 bridgehead atoms. The van der Waals surface area contributed by atoms with Crippen LogP contribution in [0.15, 0.2) is 54.6 Å². The number of carbonyl (C=O) groups excluding carboxylic acids is 3. The summed E-state index contributed by atoms with van der Waals surface area (Å²) < 4.78 is 0. The van der Waals surface area contributed by atoms with Crippen molar-refractivity contribution in [3.8, 4) is 0 Å². The van der Waals surface area contributed by atoms with Gasteiger partial charge in [-0.1, -0.05) is 74.2 Å². The molecule has 2 N–H and O–H groups in total. The molecule has 3 rings (SSSR count). The van der Waals surface area contributed by atoms with Gasteiger partial charge in [-0.3, -0.25) is 9.59 Å². The lowest BCUT2D eigenvalue weighted by Crippen LogP contribution is -2.60. The SMILES string of the molecule is CCCCCCC(=O)NC(Cc1ccccc1)C(=O)N1CCN(C(=O)Nc2cccc(Cl)c2)C(C)C1. The zero-order valence-corrected chi connectivity index (χ0v) is 22.0. The van der Waals surface area contributed by atoms with Gasteiger partial charge < -0.3 is 20.4 Å². The molecule has 1 aliphatic heterocycles. The van der Waals surface area contributed by atoms with Crippen LogP contribution in [-0.2, 0) is 16.0 Å². The van der Waals surface area contributed by atoms with E-state index in [-0.39, 0.29) is 23.9 Å². The van der Waals surface area contributed by atoms with Crippen molar-refractivity contribution in [2.75, 3.05) is 25.0 Å². The van der Waals surface area contributed by atoms with Crippen molar-refractivity contribution < 1.29 is 14.4 Å². The zero-order valence-electron chi connectivity index (χ0n) is 21.2. The lowest BCUT2D eigenvalue weighted by Gasteiger charge is -2.41. The number of amides is 4. The molecular weight excluding hydrogens is 476 g/mol. The summed E-state index contributed by atoms with van der Waals surface area (Å²) in [6.45, 7) is 5.28. The number of hydrogen-bond acceptors (Lipinski definition) is 3. The van der Waals surface area contributed by atoms with Crippen LogP contribution in [0.25, 0.3) is 0 Å². The van der Waals surface area contributed by atoms with E-state index < -0.39 is 6.04 Å². The number of unbranched alkanes of at least 4 members (excludes halogenated alkanes) is 3. The Kier molecular flexibility index (Phi) is 10.6. The van der Waals surface area contributed by atoms with Gasteiger partial charge in [-0.2, -0.15) is 0 Å². The highest BCUT2D eigenvalue weighted by Crippen LogP contribution is 2.18. The second-order valence-electron chi connectivity index (χ2n) is 9.39. The Morgan fingerprint density at radius 2 is 1.81 bits per heavy atom. The van der Waals surface area contributed by atoms with Crippen LogP contribution in [0.4, 0.5) is 10.5 Å². The number of rotatable bonds is 10. The normalized spacial score (nSPS) is 16.4. The molecule has 8 heteroatoms.